The van der Waals surface area contributed by atoms with Crippen LogP contribution in [-0.4, -0.2) is 35.1 Å². The van der Waals surface area contributed by atoms with Crippen molar-refractivity contribution in [3.8, 4) is 0 Å². The second kappa shape index (κ2) is 3.29. The van der Waals surface area contributed by atoms with Crippen molar-refractivity contribution in [3.05, 3.63) is 0 Å². The third kappa shape index (κ3) is 1.57. The number of likely N-dealkylation sites (tertiary alicyclic amines) is 1. The molecule has 2 atom stereocenters. The smallest absolute Gasteiger partial charge is 0.226 e. The van der Waals surface area contributed by atoms with Crippen LogP contribution in [-0.2, 0) is 4.79 Å². The van der Waals surface area contributed by atoms with Crippen LogP contribution in [0.5, 0.6) is 0 Å². The zero-order chi connectivity index (χ0) is 9.42. The van der Waals surface area contributed by atoms with Crippen LogP contribution >= 0.6 is 0 Å². The lowest BCUT2D eigenvalue weighted by Gasteiger charge is -2.25. The minimum Gasteiger partial charge on any atom is -0.394 e. The van der Waals surface area contributed by atoms with Crippen molar-refractivity contribution in [3.63, 3.8) is 0 Å². The second-order valence-corrected chi connectivity index (χ2v) is 4.32. The third-order valence-corrected chi connectivity index (χ3v) is 3.28. The molecule has 1 saturated carbocycles. The minimum atomic E-state index is 0.0908. The molecule has 2 aliphatic rings. The summed E-state index contributed by atoms with van der Waals surface area (Å²) in [7, 11) is 0. The summed E-state index contributed by atoms with van der Waals surface area (Å²) in [6, 6.07) is 0.0908. The van der Waals surface area contributed by atoms with Gasteiger partial charge in [-0.15, -0.1) is 0 Å². The van der Waals surface area contributed by atoms with E-state index in [2.05, 4.69) is 6.92 Å². The number of nitrogens with zero attached hydrogens (tertiary/aromatic N) is 1. The molecule has 2 unspecified atom stereocenters. The first-order valence-corrected chi connectivity index (χ1v) is 5.15. The lowest BCUT2D eigenvalue weighted by Crippen LogP contribution is -2.40. The van der Waals surface area contributed by atoms with E-state index >= 15 is 0 Å². The fourth-order valence-corrected chi connectivity index (χ4v) is 2.13. The van der Waals surface area contributed by atoms with E-state index < -0.39 is 0 Å². The molecule has 3 nitrogen and oxygen atoms in total. The number of rotatable bonds is 2. The summed E-state index contributed by atoms with van der Waals surface area (Å²) >= 11 is 0. The highest BCUT2D eigenvalue weighted by atomic mass is 16.3. The Kier molecular flexibility index (Phi) is 2.28. The van der Waals surface area contributed by atoms with Gasteiger partial charge in [0.25, 0.3) is 0 Å². The molecular formula is C10H17NO2. The van der Waals surface area contributed by atoms with Crippen molar-refractivity contribution in [2.45, 2.75) is 32.2 Å². The molecule has 0 aromatic heterocycles. The van der Waals surface area contributed by atoms with Crippen LogP contribution in [0, 0.1) is 11.8 Å². The van der Waals surface area contributed by atoms with E-state index in [0.717, 1.165) is 25.8 Å². The van der Waals surface area contributed by atoms with Gasteiger partial charge in [0.1, 0.15) is 0 Å². The van der Waals surface area contributed by atoms with E-state index in [4.69, 9.17) is 5.11 Å². The number of hydrogen-bond donors (Lipinski definition) is 1. The largest absolute Gasteiger partial charge is 0.394 e. The maximum absolute atomic E-state index is 11.7. The standard InChI is InChI=1S/C10H17NO2/c1-7-4-5-11(9(7)6-12)10(13)8-2-3-8/h7-9,12H,2-6H2,1H3. The fourth-order valence-electron chi connectivity index (χ4n) is 2.13. The van der Waals surface area contributed by atoms with Crippen molar-refractivity contribution in [2.75, 3.05) is 13.2 Å². The van der Waals surface area contributed by atoms with Gasteiger partial charge >= 0.3 is 0 Å². The zero-order valence-corrected chi connectivity index (χ0v) is 8.07. The van der Waals surface area contributed by atoms with E-state index in [-0.39, 0.29) is 18.6 Å². The Morgan fingerprint density at radius 2 is 2.15 bits per heavy atom. The molecule has 1 N–H and O–H groups in total. The average Bonchev–Trinajstić information content (AvgIpc) is 2.89. The third-order valence-electron chi connectivity index (χ3n) is 3.28. The maximum Gasteiger partial charge on any atom is 0.226 e. The van der Waals surface area contributed by atoms with E-state index in [9.17, 15) is 4.79 Å². The van der Waals surface area contributed by atoms with Crippen LogP contribution in [0.3, 0.4) is 0 Å². The summed E-state index contributed by atoms with van der Waals surface area (Å²) < 4.78 is 0. The predicted octanol–water partition coefficient (Wildman–Crippen LogP) is 0.626. The summed E-state index contributed by atoms with van der Waals surface area (Å²) in [4.78, 5) is 13.6. The minimum absolute atomic E-state index is 0.0908. The van der Waals surface area contributed by atoms with Gasteiger partial charge in [-0.1, -0.05) is 6.92 Å². The van der Waals surface area contributed by atoms with Gasteiger partial charge in [-0.05, 0) is 25.2 Å². The van der Waals surface area contributed by atoms with E-state index in [0.29, 0.717) is 11.8 Å². The number of amides is 1. The molecule has 2 fully saturated rings. The van der Waals surface area contributed by atoms with Gasteiger partial charge in [-0.3, -0.25) is 4.79 Å². The Labute approximate surface area is 78.7 Å². The van der Waals surface area contributed by atoms with Crippen molar-refractivity contribution < 1.29 is 9.90 Å². The van der Waals surface area contributed by atoms with Gasteiger partial charge < -0.3 is 10.0 Å². The molecule has 1 aliphatic heterocycles. The molecule has 2 rings (SSSR count). The molecule has 0 bridgehead atoms. The van der Waals surface area contributed by atoms with Gasteiger partial charge in [0, 0.05) is 12.5 Å². The first-order valence-electron chi connectivity index (χ1n) is 5.15. The van der Waals surface area contributed by atoms with Gasteiger partial charge in [0.05, 0.1) is 12.6 Å². The molecule has 13 heavy (non-hydrogen) atoms. The Morgan fingerprint density at radius 1 is 1.46 bits per heavy atom. The Balaban J connectivity index is 2.01. The van der Waals surface area contributed by atoms with E-state index in [1.807, 2.05) is 4.90 Å². The monoisotopic (exact) mass is 183 g/mol. The Hall–Kier alpha value is -0.570. The van der Waals surface area contributed by atoms with Crippen molar-refractivity contribution in [1.29, 1.82) is 0 Å². The molecule has 1 aliphatic carbocycles. The van der Waals surface area contributed by atoms with Gasteiger partial charge in [0.2, 0.25) is 5.91 Å². The van der Waals surface area contributed by atoms with Crippen molar-refractivity contribution in [1.82, 2.24) is 4.90 Å². The quantitative estimate of drug-likeness (QED) is 0.682. The number of hydrogen-bond acceptors (Lipinski definition) is 2. The first-order chi connectivity index (χ1) is 6.24. The summed E-state index contributed by atoms with van der Waals surface area (Å²) in [5.74, 6) is 1.04. The SMILES string of the molecule is CC1CCN(C(=O)C2CC2)C1CO. The molecular weight excluding hydrogens is 166 g/mol. The number of aliphatic hydroxyl groups excluding tert-OH is 1. The highest BCUT2D eigenvalue weighted by molar-refractivity contribution is 5.81. The van der Waals surface area contributed by atoms with Crippen LogP contribution in [0.1, 0.15) is 26.2 Å². The fraction of sp³-hybridized carbons (Fsp3) is 0.900. The van der Waals surface area contributed by atoms with Crippen molar-refractivity contribution in [2.24, 2.45) is 11.8 Å². The van der Waals surface area contributed by atoms with E-state index in [1.54, 1.807) is 0 Å². The molecule has 1 amide bonds. The van der Waals surface area contributed by atoms with Crippen LogP contribution < -0.4 is 0 Å². The summed E-state index contributed by atoms with van der Waals surface area (Å²) in [5.41, 5.74) is 0. The molecule has 74 valence electrons. The second-order valence-electron chi connectivity index (χ2n) is 4.32. The number of carbonyl (C=O) groups excluding carboxylic acids is 1. The Bertz CT molecular complexity index is 213. The van der Waals surface area contributed by atoms with Crippen LogP contribution in [0.15, 0.2) is 0 Å². The molecule has 1 saturated heterocycles. The molecule has 0 spiro atoms. The molecule has 0 aromatic rings. The molecule has 3 heteroatoms. The molecule has 0 radical (unpaired) electrons. The van der Waals surface area contributed by atoms with Crippen LogP contribution in [0.2, 0.25) is 0 Å². The summed E-state index contributed by atoms with van der Waals surface area (Å²) in [6.45, 7) is 3.09. The lowest BCUT2D eigenvalue weighted by atomic mass is 10.0. The van der Waals surface area contributed by atoms with Crippen LogP contribution in [0.4, 0.5) is 0 Å². The summed E-state index contributed by atoms with van der Waals surface area (Å²) in [6.07, 6.45) is 3.16. The highest BCUT2D eigenvalue weighted by Crippen LogP contribution is 2.34. The summed E-state index contributed by atoms with van der Waals surface area (Å²) in [5, 5.41) is 9.16. The number of carbonyl (C=O) groups is 1. The number of aliphatic hydroxyl groups is 1. The van der Waals surface area contributed by atoms with E-state index in [1.165, 1.54) is 0 Å². The Morgan fingerprint density at radius 3 is 2.69 bits per heavy atom. The van der Waals surface area contributed by atoms with Crippen LogP contribution in [0.25, 0.3) is 0 Å². The van der Waals surface area contributed by atoms with Gasteiger partial charge in [-0.25, -0.2) is 0 Å². The predicted molar refractivity (Wildman–Crippen MR) is 49.1 cm³/mol. The first kappa shape index (κ1) is 9.00. The normalized spacial score (nSPS) is 33.8. The zero-order valence-electron chi connectivity index (χ0n) is 8.07. The maximum atomic E-state index is 11.7. The average molecular weight is 183 g/mol. The van der Waals surface area contributed by atoms with Crippen molar-refractivity contribution >= 4 is 5.91 Å². The molecule has 1 heterocycles. The highest BCUT2D eigenvalue weighted by Gasteiger charge is 2.40. The van der Waals surface area contributed by atoms with Gasteiger partial charge in [0.15, 0.2) is 0 Å². The lowest BCUT2D eigenvalue weighted by molar-refractivity contribution is -0.134. The topological polar surface area (TPSA) is 40.5 Å². The van der Waals surface area contributed by atoms with Gasteiger partial charge in [-0.2, -0.15) is 0 Å². The molecule has 0 aromatic carbocycles.